The second-order valence-corrected chi connectivity index (χ2v) is 3.62. The Morgan fingerprint density at radius 1 is 1.38 bits per heavy atom. The molecule has 0 atom stereocenters. The Hall–Kier alpha value is -1.33. The maximum Gasteiger partial charge on any atom is 0.0994 e. The van der Waals surface area contributed by atoms with E-state index in [2.05, 4.69) is 24.1 Å². The van der Waals surface area contributed by atoms with Crippen LogP contribution in [0.2, 0.25) is 0 Å². The summed E-state index contributed by atoms with van der Waals surface area (Å²) in [5.41, 5.74) is 2.05. The number of likely N-dealkylation sites (tertiary alicyclic amines) is 1. The molecule has 0 aromatic heterocycles. The van der Waals surface area contributed by atoms with Crippen LogP contribution in [0.4, 0.5) is 0 Å². The molecule has 1 heterocycles. The fourth-order valence-corrected chi connectivity index (χ4v) is 1.85. The van der Waals surface area contributed by atoms with E-state index in [9.17, 15) is 0 Å². The molecule has 2 rings (SSSR count). The van der Waals surface area contributed by atoms with Crippen LogP contribution in [-0.4, -0.2) is 25.0 Å². The van der Waals surface area contributed by atoms with Gasteiger partial charge in [0, 0.05) is 19.0 Å². The van der Waals surface area contributed by atoms with E-state index in [1.165, 1.54) is 5.56 Å². The van der Waals surface area contributed by atoms with Crippen LogP contribution in [0.15, 0.2) is 24.3 Å². The van der Waals surface area contributed by atoms with E-state index in [1.807, 2.05) is 18.2 Å². The van der Waals surface area contributed by atoms with E-state index in [4.69, 9.17) is 5.26 Å². The summed E-state index contributed by atoms with van der Waals surface area (Å²) in [7, 11) is 2.10. The molecular formula is C11H12N2. The molecule has 0 amide bonds. The summed E-state index contributed by atoms with van der Waals surface area (Å²) in [6, 6.07) is 10.1. The van der Waals surface area contributed by atoms with Gasteiger partial charge in [-0.2, -0.15) is 5.26 Å². The Morgan fingerprint density at radius 3 is 2.69 bits per heavy atom. The standard InChI is InChI=1S/C11H12N2/c1-13-7-10(8-13)11-5-3-2-4-9(11)6-12/h2-5,10H,7-8H2,1H3. The van der Waals surface area contributed by atoms with Gasteiger partial charge in [0.1, 0.15) is 0 Å². The third kappa shape index (κ3) is 1.43. The van der Waals surface area contributed by atoms with Gasteiger partial charge in [0.2, 0.25) is 0 Å². The van der Waals surface area contributed by atoms with Gasteiger partial charge in [-0.3, -0.25) is 0 Å². The Morgan fingerprint density at radius 2 is 2.08 bits per heavy atom. The van der Waals surface area contributed by atoms with Crippen molar-refractivity contribution >= 4 is 0 Å². The predicted octanol–water partition coefficient (Wildman–Crippen LogP) is 1.59. The van der Waals surface area contributed by atoms with Crippen LogP contribution in [0.25, 0.3) is 0 Å². The lowest BCUT2D eigenvalue weighted by Crippen LogP contribution is -2.41. The Kier molecular flexibility index (Phi) is 2.03. The van der Waals surface area contributed by atoms with E-state index < -0.39 is 0 Å². The highest BCUT2D eigenvalue weighted by molar-refractivity contribution is 5.40. The van der Waals surface area contributed by atoms with Crippen molar-refractivity contribution in [2.24, 2.45) is 0 Å². The van der Waals surface area contributed by atoms with Crippen molar-refractivity contribution in [3.8, 4) is 6.07 Å². The quantitative estimate of drug-likeness (QED) is 0.643. The third-order valence-corrected chi connectivity index (χ3v) is 2.59. The summed E-state index contributed by atoms with van der Waals surface area (Å²) in [6.07, 6.45) is 0. The lowest BCUT2D eigenvalue weighted by molar-refractivity contribution is 0.189. The van der Waals surface area contributed by atoms with Gasteiger partial charge in [0.15, 0.2) is 0 Å². The van der Waals surface area contributed by atoms with E-state index >= 15 is 0 Å². The zero-order valence-corrected chi connectivity index (χ0v) is 7.70. The van der Waals surface area contributed by atoms with Crippen molar-refractivity contribution in [2.45, 2.75) is 5.92 Å². The molecule has 66 valence electrons. The summed E-state index contributed by atoms with van der Waals surface area (Å²) in [5.74, 6) is 0.570. The van der Waals surface area contributed by atoms with Gasteiger partial charge < -0.3 is 4.90 Å². The number of likely N-dealkylation sites (N-methyl/N-ethyl adjacent to an activating group) is 1. The van der Waals surface area contributed by atoms with Crippen LogP contribution in [0, 0.1) is 11.3 Å². The largest absolute Gasteiger partial charge is 0.305 e. The van der Waals surface area contributed by atoms with Gasteiger partial charge in [0.25, 0.3) is 0 Å². The normalized spacial score (nSPS) is 17.8. The minimum atomic E-state index is 0.570. The average Bonchev–Trinajstić information content (AvgIpc) is 2.13. The van der Waals surface area contributed by atoms with Gasteiger partial charge >= 0.3 is 0 Å². The fraction of sp³-hybridized carbons (Fsp3) is 0.364. The molecule has 0 spiro atoms. The van der Waals surface area contributed by atoms with Gasteiger partial charge in [-0.25, -0.2) is 0 Å². The van der Waals surface area contributed by atoms with E-state index in [0.29, 0.717) is 5.92 Å². The van der Waals surface area contributed by atoms with Crippen LogP contribution in [-0.2, 0) is 0 Å². The van der Waals surface area contributed by atoms with Crippen molar-refractivity contribution in [3.05, 3.63) is 35.4 Å². The smallest absolute Gasteiger partial charge is 0.0994 e. The first-order chi connectivity index (χ1) is 6.31. The highest BCUT2D eigenvalue weighted by atomic mass is 15.2. The predicted molar refractivity (Wildman–Crippen MR) is 51.4 cm³/mol. The molecule has 1 aliphatic heterocycles. The Bertz CT molecular complexity index is 345. The summed E-state index contributed by atoms with van der Waals surface area (Å²) < 4.78 is 0. The van der Waals surface area contributed by atoms with E-state index in [-0.39, 0.29) is 0 Å². The topological polar surface area (TPSA) is 27.0 Å². The molecule has 0 N–H and O–H groups in total. The highest BCUT2D eigenvalue weighted by Crippen LogP contribution is 2.27. The SMILES string of the molecule is CN1CC(c2ccccc2C#N)C1. The van der Waals surface area contributed by atoms with Crippen LogP contribution in [0.1, 0.15) is 17.0 Å². The van der Waals surface area contributed by atoms with Gasteiger partial charge in [-0.05, 0) is 18.7 Å². The average molecular weight is 172 g/mol. The molecule has 0 aliphatic carbocycles. The van der Waals surface area contributed by atoms with Crippen molar-refractivity contribution < 1.29 is 0 Å². The molecule has 13 heavy (non-hydrogen) atoms. The molecular weight excluding hydrogens is 160 g/mol. The van der Waals surface area contributed by atoms with E-state index in [0.717, 1.165) is 18.7 Å². The van der Waals surface area contributed by atoms with E-state index in [1.54, 1.807) is 0 Å². The lowest BCUT2D eigenvalue weighted by Gasteiger charge is -2.36. The molecule has 1 fully saturated rings. The maximum atomic E-state index is 8.89. The lowest BCUT2D eigenvalue weighted by atomic mass is 9.89. The van der Waals surface area contributed by atoms with Crippen molar-refractivity contribution in [2.75, 3.05) is 20.1 Å². The second kappa shape index (κ2) is 3.20. The van der Waals surface area contributed by atoms with Crippen molar-refractivity contribution in [3.63, 3.8) is 0 Å². The van der Waals surface area contributed by atoms with Gasteiger partial charge in [0.05, 0.1) is 11.6 Å². The summed E-state index contributed by atoms with van der Waals surface area (Å²) in [6.45, 7) is 2.16. The Balaban J connectivity index is 2.26. The maximum absolute atomic E-state index is 8.89. The molecule has 0 bridgehead atoms. The van der Waals surface area contributed by atoms with Crippen LogP contribution in [0.3, 0.4) is 0 Å². The third-order valence-electron chi connectivity index (χ3n) is 2.59. The number of nitrogens with zero attached hydrogens (tertiary/aromatic N) is 2. The first-order valence-corrected chi connectivity index (χ1v) is 4.49. The van der Waals surface area contributed by atoms with Crippen molar-refractivity contribution in [1.82, 2.24) is 4.90 Å². The Labute approximate surface area is 78.4 Å². The molecule has 2 heteroatoms. The summed E-state index contributed by atoms with van der Waals surface area (Å²) in [4.78, 5) is 2.26. The number of rotatable bonds is 1. The molecule has 0 saturated carbocycles. The van der Waals surface area contributed by atoms with Crippen LogP contribution < -0.4 is 0 Å². The van der Waals surface area contributed by atoms with Gasteiger partial charge in [-0.15, -0.1) is 0 Å². The number of hydrogen-bond donors (Lipinski definition) is 0. The minimum absolute atomic E-state index is 0.570. The zero-order chi connectivity index (χ0) is 9.26. The summed E-state index contributed by atoms with van der Waals surface area (Å²) >= 11 is 0. The van der Waals surface area contributed by atoms with Crippen LogP contribution >= 0.6 is 0 Å². The first kappa shape index (κ1) is 8.28. The zero-order valence-electron chi connectivity index (χ0n) is 7.70. The molecule has 0 unspecified atom stereocenters. The highest BCUT2D eigenvalue weighted by Gasteiger charge is 2.26. The van der Waals surface area contributed by atoms with Crippen LogP contribution in [0.5, 0.6) is 0 Å². The molecule has 1 saturated heterocycles. The number of nitriles is 1. The van der Waals surface area contributed by atoms with Crippen molar-refractivity contribution in [1.29, 1.82) is 5.26 Å². The number of benzene rings is 1. The molecule has 0 radical (unpaired) electrons. The number of hydrogen-bond acceptors (Lipinski definition) is 2. The molecule has 1 aromatic carbocycles. The molecule has 1 aliphatic rings. The monoisotopic (exact) mass is 172 g/mol. The van der Waals surface area contributed by atoms with Gasteiger partial charge in [-0.1, -0.05) is 18.2 Å². The minimum Gasteiger partial charge on any atom is -0.305 e. The molecule has 2 nitrogen and oxygen atoms in total. The first-order valence-electron chi connectivity index (χ1n) is 4.49. The fourth-order valence-electron chi connectivity index (χ4n) is 1.85. The molecule has 1 aromatic rings. The second-order valence-electron chi connectivity index (χ2n) is 3.62. The summed E-state index contributed by atoms with van der Waals surface area (Å²) in [5, 5.41) is 8.89.